The van der Waals surface area contributed by atoms with E-state index in [0.29, 0.717) is 17.6 Å². The SMILES string of the molecule is CCCOC(=O)c1ccc2[nH]c(C)c(C[NH+]3CCCCCC3)c(=O)c2c1. The molecule has 2 aromatic rings. The Balaban J connectivity index is 1.93. The zero-order valence-electron chi connectivity index (χ0n) is 15.8. The molecule has 2 heterocycles. The first-order chi connectivity index (χ1) is 12.6. The van der Waals surface area contributed by atoms with Gasteiger partial charge >= 0.3 is 5.97 Å². The van der Waals surface area contributed by atoms with E-state index in [1.165, 1.54) is 30.6 Å². The fraction of sp³-hybridized carbons (Fsp3) is 0.524. The Bertz CT molecular complexity index is 833. The summed E-state index contributed by atoms with van der Waals surface area (Å²) in [5.41, 5.74) is 3.02. The van der Waals surface area contributed by atoms with E-state index < -0.39 is 0 Å². The van der Waals surface area contributed by atoms with Crippen molar-refractivity contribution in [2.45, 2.75) is 52.5 Å². The lowest BCUT2D eigenvalue weighted by atomic mass is 10.1. The summed E-state index contributed by atoms with van der Waals surface area (Å²) in [6.07, 6.45) is 5.82. The smallest absolute Gasteiger partial charge is 0.338 e. The summed E-state index contributed by atoms with van der Waals surface area (Å²) in [7, 11) is 0. The van der Waals surface area contributed by atoms with Gasteiger partial charge in [0.15, 0.2) is 5.43 Å². The molecule has 5 nitrogen and oxygen atoms in total. The minimum Gasteiger partial charge on any atom is -0.462 e. The molecule has 5 heteroatoms. The number of carbonyl (C=O) groups excluding carboxylic acids is 1. The number of aromatic nitrogens is 1. The molecule has 0 saturated carbocycles. The van der Waals surface area contributed by atoms with Crippen LogP contribution in [0.25, 0.3) is 10.9 Å². The molecule has 0 aliphatic carbocycles. The second-order valence-corrected chi connectivity index (χ2v) is 7.29. The molecule has 140 valence electrons. The van der Waals surface area contributed by atoms with Crippen LogP contribution in [0.4, 0.5) is 0 Å². The largest absolute Gasteiger partial charge is 0.462 e. The first-order valence-corrected chi connectivity index (χ1v) is 9.76. The lowest BCUT2D eigenvalue weighted by Crippen LogP contribution is -3.10. The number of fused-ring (bicyclic) bond motifs is 1. The topological polar surface area (TPSA) is 63.6 Å². The highest BCUT2D eigenvalue weighted by molar-refractivity contribution is 5.94. The number of nitrogens with one attached hydrogen (secondary N) is 2. The highest BCUT2D eigenvalue weighted by atomic mass is 16.5. The van der Waals surface area contributed by atoms with Gasteiger partial charge in [0.05, 0.1) is 30.8 Å². The summed E-state index contributed by atoms with van der Waals surface area (Å²) < 4.78 is 5.20. The zero-order valence-corrected chi connectivity index (χ0v) is 15.8. The molecular weight excluding hydrogens is 328 g/mol. The van der Waals surface area contributed by atoms with Crippen LogP contribution in [0.15, 0.2) is 23.0 Å². The molecule has 1 aromatic heterocycles. The van der Waals surface area contributed by atoms with Crippen molar-refractivity contribution in [3.63, 3.8) is 0 Å². The van der Waals surface area contributed by atoms with Crippen LogP contribution in [0.3, 0.4) is 0 Å². The van der Waals surface area contributed by atoms with Crippen LogP contribution in [0.1, 0.15) is 60.6 Å². The van der Waals surface area contributed by atoms with Gasteiger partial charge in [-0.25, -0.2) is 4.79 Å². The number of esters is 1. The van der Waals surface area contributed by atoms with E-state index in [9.17, 15) is 9.59 Å². The predicted octanol–water partition coefficient (Wildman–Crippen LogP) is 2.36. The van der Waals surface area contributed by atoms with Crippen LogP contribution in [0.2, 0.25) is 0 Å². The van der Waals surface area contributed by atoms with Crippen molar-refractivity contribution in [3.8, 4) is 0 Å². The Labute approximate surface area is 154 Å². The molecule has 1 aromatic carbocycles. The zero-order chi connectivity index (χ0) is 18.5. The van der Waals surface area contributed by atoms with Gasteiger partial charge in [-0.2, -0.15) is 0 Å². The van der Waals surface area contributed by atoms with E-state index in [4.69, 9.17) is 4.74 Å². The monoisotopic (exact) mass is 357 g/mol. The van der Waals surface area contributed by atoms with Gasteiger partial charge in [0.1, 0.15) is 6.54 Å². The Morgan fingerprint density at radius 1 is 1.19 bits per heavy atom. The molecule has 0 spiro atoms. The number of aromatic amines is 1. The number of pyridine rings is 1. The summed E-state index contributed by atoms with van der Waals surface area (Å²) >= 11 is 0. The van der Waals surface area contributed by atoms with Gasteiger partial charge in [-0.15, -0.1) is 0 Å². The molecule has 1 aliphatic heterocycles. The fourth-order valence-electron chi connectivity index (χ4n) is 3.72. The van der Waals surface area contributed by atoms with Crippen molar-refractivity contribution < 1.29 is 14.4 Å². The quantitative estimate of drug-likeness (QED) is 0.808. The Morgan fingerprint density at radius 2 is 1.92 bits per heavy atom. The first-order valence-electron chi connectivity index (χ1n) is 9.76. The second kappa shape index (κ2) is 8.49. The second-order valence-electron chi connectivity index (χ2n) is 7.29. The van der Waals surface area contributed by atoms with E-state index in [2.05, 4.69) is 4.98 Å². The van der Waals surface area contributed by atoms with E-state index in [0.717, 1.165) is 42.8 Å². The number of quaternary nitrogens is 1. The minimum absolute atomic E-state index is 0.0399. The van der Waals surface area contributed by atoms with Crippen LogP contribution < -0.4 is 10.3 Å². The number of rotatable bonds is 5. The first kappa shape index (κ1) is 18.6. The van der Waals surface area contributed by atoms with Crippen molar-refractivity contribution in [2.24, 2.45) is 0 Å². The van der Waals surface area contributed by atoms with E-state index >= 15 is 0 Å². The molecule has 2 N–H and O–H groups in total. The van der Waals surface area contributed by atoms with Crippen LogP contribution in [-0.2, 0) is 11.3 Å². The summed E-state index contributed by atoms with van der Waals surface area (Å²) in [6.45, 7) is 7.32. The maximum atomic E-state index is 13.1. The van der Waals surface area contributed by atoms with Gasteiger partial charge < -0.3 is 14.6 Å². The normalized spacial score (nSPS) is 15.8. The average molecular weight is 357 g/mol. The molecular formula is C21H29N2O3+. The fourth-order valence-corrected chi connectivity index (χ4v) is 3.72. The summed E-state index contributed by atoms with van der Waals surface area (Å²) in [5, 5.41) is 0.575. The number of carbonyl (C=O) groups is 1. The van der Waals surface area contributed by atoms with Crippen LogP contribution in [0.5, 0.6) is 0 Å². The highest BCUT2D eigenvalue weighted by Gasteiger charge is 2.19. The molecule has 0 bridgehead atoms. The summed E-state index contributed by atoms with van der Waals surface area (Å²) in [5.74, 6) is -0.367. The van der Waals surface area contributed by atoms with Crippen molar-refractivity contribution in [2.75, 3.05) is 19.7 Å². The molecule has 0 atom stereocenters. The number of benzene rings is 1. The Morgan fingerprint density at radius 3 is 2.62 bits per heavy atom. The number of hydrogen-bond donors (Lipinski definition) is 2. The van der Waals surface area contributed by atoms with Gasteiger partial charge in [-0.3, -0.25) is 4.79 Å². The van der Waals surface area contributed by atoms with E-state index in [1.54, 1.807) is 18.2 Å². The molecule has 1 fully saturated rings. The number of H-pyrrole nitrogens is 1. The molecule has 3 rings (SSSR count). The lowest BCUT2D eigenvalue weighted by Gasteiger charge is -2.18. The minimum atomic E-state index is -0.367. The third kappa shape index (κ3) is 4.15. The van der Waals surface area contributed by atoms with Crippen LogP contribution >= 0.6 is 0 Å². The third-order valence-corrected chi connectivity index (χ3v) is 5.22. The summed E-state index contributed by atoms with van der Waals surface area (Å²) in [4.78, 5) is 30.1. The number of ether oxygens (including phenoxy) is 1. The van der Waals surface area contributed by atoms with E-state index in [1.807, 2.05) is 13.8 Å². The van der Waals surface area contributed by atoms with Gasteiger partial charge in [-0.1, -0.05) is 6.92 Å². The number of likely N-dealkylation sites (tertiary alicyclic amines) is 1. The van der Waals surface area contributed by atoms with Crippen LogP contribution in [0, 0.1) is 6.92 Å². The van der Waals surface area contributed by atoms with Gasteiger partial charge in [0.2, 0.25) is 0 Å². The molecule has 1 saturated heterocycles. The number of hydrogen-bond acceptors (Lipinski definition) is 3. The Kier molecular flexibility index (Phi) is 6.09. The predicted molar refractivity (Wildman–Crippen MR) is 103 cm³/mol. The van der Waals surface area contributed by atoms with Gasteiger partial charge in [0.25, 0.3) is 0 Å². The molecule has 1 aliphatic rings. The highest BCUT2D eigenvalue weighted by Crippen LogP contribution is 2.14. The van der Waals surface area contributed by atoms with Crippen molar-refractivity contribution >= 4 is 16.9 Å². The summed E-state index contributed by atoms with van der Waals surface area (Å²) in [6, 6.07) is 5.19. The maximum Gasteiger partial charge on any atom is 0.338 e. The molecule has 0 radical (unpaired) electrons. The van der Waals surface area contributed by atoms with Crippen LogP contribution in [-0.4, -0.2) is 30.6 Å². The third-order valence-electron chi connectivity index (χ3n) is 5.22. The van der Waals surface area contributed by atoms with Crippen molar-refractivity contribution in [3.05, 3.63) is 45.2 Å². The van der Waals surface area contributed by atoms with Crippen molar-refractivity contribution in [1.29, 1.82) is 0 Å². The molecule has 0 amide bonds. The van der Waals surface area contributed by atoms with Gasteiger partial charge in [0, 0.05) is 16.6 Å². The van der Waals surface area contributed by atoms with E-state index in [-0.39, 0.29) is 11.4 Å². The van der Waals surface area contributed by atoms with Gasteiger partial charge in [-0.05, 0) is 57.2 Å². The molecule has 26 heavy (non-hydrogen) atoms. The number of aryl methyl sites for hydroxylation is 1. The molecule has 0 unspecified atom stereocenters. The Hall–Kier alpha value is -2.14. The standard InChI is InChI=1S/C21H28N2O3/c1-3-12-26-21(25)16-8-9-19-17(13-16)20(24)18(15(2)22-19)14-23-10-6-4-5-7-11-23/h8-9,13H,3-7,10-12,14H2,1-2H3,(H,22,24)/p+1. The lowest BCUT2D eigenvalue weighted by molar-refractivity contribution is -0.913. The van der Waals surface area contributed by atoms with Crippen molar-refractivity contribution in [1.82, 2.24) is 4.98 Å². The average Bonchev–Trinajstić information content (AvgIpc) is 2.91. The maximum absolute atomic E-state index is 13.1.